The van der Waals surface area contributed by atoms with Gasteiger partial charge in [-0.25, -0.2) is 17.5 Å². The molecule has 1 heterocycles. The van der Waals surface area contributed by atoms with Crippen LogP contribution < -0.4 is 15.2 Å². The third-order valence-corrected chi connectivity index (χ3v) is 5.16. The van der Waals surface area contributed by atoms with Crippen LogP contribution in [-0.2, 0) is 10.0 Å². The molecule has 2 aromatic rings. The molecule has 1 atom stereocenters. The van der Waals surface area contributed by atoms with Gasteiger partial charge in [-0.15, -0.1) is 0 Å². The van der Waals surface area contributed by atoms with E-state index in [1.54, 1.807) is 6.92 Å². The summed E-state index contributed by atoms with van der Waals surface area (Å²) >= 11 is 1.47. The molecular formula is C13H15FN2O3S2. The predicted molar refractivity (Wildman–Crippen MR) is 80.4 cm³/mol. The number of hydrogen-bond acceptors (Lipinski definition) is 5. The molecule has 0 saturated heterocycles. The number of nitrogen functional groups attached to an aromatic ring is 1. The first-order valence-electron chi connectivity index (χ1n) is 6.02. The highest BCUT2D eigenvalue weighted by Crippen LogP contribution is 2.29. The molecule has 0 aliphatic carbocycles. The Labute approximate surface area is 126 Å². The van der Waals surface area contributed by atoms with Crippen LogP contribution in [0.3, 0.4) is 0 Å². The van der Waals surface area contributed by atoms with Crippen molar-refractivity contribution in [1.29, 1.82) is 0 Å². The van der Waals surface area contributed by atoms with Crippen LogP contribution in [0.5, 0.6) is 5.75 Å². The predicted octanol–water partition coefficient (Wildman–Crippen LogP) is 2.52. The number of thiophene rings is 1. The lowest BCUT2D eigenvalue weighted by Gasteiger charge is -2.14. The van der Waals surface area contributed by atoms with Crippen LogP contribution in [0.25, 0.3) is 0 Å². The van der Waals surface area contributed by atoms with Gasteiger partial charge in [0, 0.05) is 6.04 Å². The molecule has 0 spiro atoms. The lowest BCUT2D eigenvalue weighted by Crippen LogP contribution is -2.26. The molecular weight excluding hydrogens is 315 g/mol. The molecule has 1 aromatic carbocycles. The van der Waals surface area contributed by atoms with Gasteiger partial charge < -0.3 is 10.5 Å². The number of methoxy groups -OCH3 is 1. The second-order valence-electron chi connectivity index (χ2n) is 4.43. The van der Waals surface area contributed by atoms with Crippen LogP contribution in [0.1, 0.15) is 18.5 Å². The molecule has 0 fully saturated rings. The highest BCUT2D eigenvalue weighted by atomic mass is 32.2. The number of ether oxygens (including phenoxy) is 1. The van der Waals surface area contributed by atoms with Crippen molar-refractivity contribution in [2.45, 2.75) is 17.9 Å². The van der Waals surface area contributed by atoms with Crippen molar-refractivity contribution < 1.29 is 17.5 Å². The summed E-state index contributed by atoms with van der Waals surface area (Å²) in [6, 6.07) is 3.45. The smallest absolute Gasteiger partial charge is 0.241 e. The Bertz CT molecular complexity index is 707. The van der Waals surface area contributed by atoms with Crippen LogP contribution in [0, 0.1) is 5.82 Å². The lowest BCUT2D eigenvalue weighted by atomic mass is 10.2. The number of nitrogens with two attached hydrogens (primary N) is 1. The Morgan fingerprint density at radius 3 is 2.67 bits per heavy atom. The highest BCUT2D eigenvalue weighted by molar-refractivity contribution is 7.89. The normalized spacial score (nSPS) is 13.1. The molecule has 21 heavy (non-hydrogen) atoms. The summed E-state index contributed by atoms with van der Waals surface area (Å²) in [4.78, 5) is -0.236. The first-order valence-corrected chi connectivity index (χ1v) is 8.45. The average molecular weight is 330 g/mol. The van der Waals surface area contributed by atoms with Gasteiger partial charge in [0.05, 0.1) is 17.7 Å². The molecule has 0 amide bonds. The molecule has 0 bridgehead atoms. The first-order chi connectivity index (χ1) is 9.85. The second-order valence-corrected chi connectivity index (χ2v) is 6.92. The molecule has 5 nitrogen and oxygen atoms in total. The zero-order valence-electron chi connectivity index (χ0n) is 11.5. The zero-order chi connectivity index (χ0) is 15.6. The minimum atomic E-state index is -3.88. The van der Waals surface area contributed by atoms with E-state index < -0.39 is 21.9 Å². The number of anilines is 1. The largest absolute Gasteiger partial charge is 0.492 e. The maximum atomic E-state index is 13.8. The van der Waals surface area contributed by atoms with E-state index in [0.29, 0.717) is 0 Å². The fraction of sp³-hybridized carbons (Fsp3) is 0.231. The van der Waals surface area contributed by atoms with E-state index >= 15 is 0 Å². The van der Waals surface area contributed by atoms with Crippen molar-refractivity contribution in [2.75, 3.05) is 12.8 Å². The quantitative estimate of drug-likeness (QED) is 0.826. The van der Waals surface area contributed by atoms with Gasteiger partial charge in [0.1, 0.15) is 0 Å². The molecule has 1 unspecified atom stereocenters. The third kappa shape index (κ3) is 3.34. The summed E-state index contributed by atoms with van der Waals surface area (Å²) in [7, 11) is -2.61. The molecule has 2 rings (SSSR count). The Morgan fingerprint density at radius 2 is 2.14 bits per heavy atom. The van der Waals surface area contributed by atoms with Crippen LogP contribution in [0.2, 0.25) is 0 Å². The molecule has 0 radical (unpaired) electrons. The molecule has 0 aliphatic heterocycles. The number of rotatable bonds is 5. The number of nitrogens with one attached hydrogen (secondary N) is 1. The summed E-state index contributed by atoms with van der Waals surface area (Å²) in [5.74, 6) is -0.985. The highest BCUT2D eigenvalue weighted by Gasteiger charge is 2.22. The molecule has 8 heteroatoms. The van der Waals surface area contributed by atoms with E-state index in [4.69, 9.17) is 10.5 Å². The van der Waals surface area contributed by atoms with E-state index in [-0.39, 0.29) is 16.3 Å². The lowest BCUT2D eigenvalue weighted by molar-refractivity contribution is 0.388. The van der Waals surface area contributed by atoms with Crippen molar-refractivity contribution in [3.8, 4) is 5.75 Å². The number of halogens is 1. The van der Waals surface area contributed by atoms with Gasteiger partial charge in [-0.05, 0) is 41.4 Å². The maximum Gasteiger partial charge on any atom is 0.241 e. The molecule has 0 aliphatic rings. The minimum absolute atomic E-state index is 0.0685. The topological polar surface area (TPSA) is 81.4 Å². The second kappa shape index (κ2) is 6.00. The summed E-state index contributed by atoms with van der Waals surface area (Å²) in [5.41, 5.74) is 6.37. The maximum absolute atomic E-state index is 13.8. The van der Waals surface area contributed by atoms with E-state index in [0.717, 1.165) is 11.6 Å². The van der Waals surface area contributed by atoms with Gasteiger partial charge in [0.15, 0.2) is 11.6 Å². The van der Waals surface area contributed by atoms with Crippen molar-refractivity contribution in [2.24, 2.45) is 0 Å². The first kappa shape index (κ1) is 15.7. The molecule has 0 saturated carbocycles. The number of benzene rings is 1. The van der Waals surface area contributed by atoms with E-state index in [1.807, 2.05) is 16.8 Å². The summed E-state index contributed by atoms with van der Waals surface area (Å²) < 4.78 is 45.6. The van der Waals surface area contributed by atoms with Gasteiger partial charge in [-0.3, -0.25) is 0 Å². The summed E-state index contributed by atoms with van der Waals surface area (Å²) in [6.07, 6.45) is 0. The standard InChI is InChI=1S/C13H15FN2O3S2/c1-8(9-3-4-20-7-9)16-21(17,18)10-5-11(14)13(19-2)12(15)6-10/h3-8,16H,15H2,1-2H3. The third-order valence-electron chi connectivity index (χ3n) is 2.94. The van der Waals surface area contributed by atoms with Crippen molar-refractivity contribution in [3.05, 3.63) is 40.3 Å². The van der Waals surface area contributed by atoms with Crippen LogP contribution in [-0.4, -0.2) is 15.5 Å². The van der Waals surface area contributed by atoms with Crippen LogP contribution >= 0.6 is 11.3 Å². The Morgan fingerprint density at radius 1 is 1.43 bits per heavy atom. The number of sulfonamides is 1. The zero-order valence-corrected chi connectivity index (χ0v) is 13.1. The number of hydrogen-bond donors (Lipinski definition) is 2. The van der Waals surface area contributed by atoms with Gasteiger partial charge in [0.2, 0.25) is 10.0 Å². The van der Waals surface area contributed by atoms with Crippen LogP contribution in [0.4, 0.5) is 10.1 Å². The van der Waals surface area contributed by atoms with Gasteiger partial charge in [-0.2, -0.15) is 11.3 Å². The van der Waals surface area contributed by atoms with Crippen LogP contribution in [0.15, 0.2) is 33.9 Å². The minimum Gasteiger partial charge on any atom is -0.492 e. The van der Waals surface area contributed by atoms with Crippen molar-refractivity contribution >= 4 is 27.0 Å². The molecule has 3 N–H and O–H groups in total. The summed E-state index contributed by atoms with van der Waals surface area (Å²) in [5, 5.41) is 3.70. The fourth-order valence-electron chi connectivity index (χ4n) is 1.85. The molecule has 1 aromatic heterocycles. The van der Waals surface area contributed by atoms with E-state index in [1.165, 1.54) is 24.5 Å². The van der Waals surface area contributed by atoms with Gasteiger partial charge >= 0.3 is 0 Å². The van der Waals surface area contributed by atoms with Crippen molar-refractivity contribution in [3.63, 3.8) is 0 Å². The van der Waals surface area contributed by atoms with Gasteiger partial charge in [-0.1, -0.05) is 0 Å². The van der Waals surface area contributed by atoms with E-state index in [9.17, 15) is 12.8 Å². The Balaban J connectivity index is 2.32. The molecule has 114 valence electrons. The average Bonchev–Trinajstić information content (AvgIpc) is 2.91. The monoisotopic (exact) mass is 330 g/mol. The Hall–Kier alpha value is -1.64. The van der Waals surface area contributed by atoms with Crippen molar-refractivity contribution in [1.82, 2.24) is 4.72 Å². The summed E-state index contributed by atoms with van der Waals surface area (Å²) in [6.45, 7) is 1.71. The Kier molecular flexibility index (Phi) is 4.50. The SMILES string of the molecule is COc1c(N)cc(S(=O)(=O)NC(C)c2ccsc2)cc1F. The van der Waals surface area contributed by atoms with E-state index in [2.05, 4.69) is 4.72 Å². The van der Waals surface area contributed by atoms with Gasteiger partial charge in [0.25, 0.3) is 0 Å². The fourth-order valence-corrected chi connectivity index (χ4v) is 3.88.